The van der Waals surface area contributed by atoms with Crippen LogP contribution in [-0.2, 0) is 4.79 Å². The molecule has 118 valence electrons. The molecule has 0 radical (unpaired) electrons. The predicted molar refractivity (Wildman–Crippen MR) is 87.8 cm³/mol. The van der Waals surface area contributed by atoms with E-state index in [-0.39, 0.29) is 11.3 Å². The number of Topliss-reactive ketones (excluding diaryl/α,β-unsaturated/α-hetero) is 1. The molecule has 0 unspecified atom stereocenters. The van der Waals surface area contributed by atoms with Crippen LogP contribution in [0.2, 0.25) is 0 Å². The minimum Gasteiger partial charge on any atom is -0.379 e. The zero-order chi connectivity index (χ0) is 15.6. The average Bonchev–Trinajstić information content (AvgIpc) is 2.51. The lowest BCUT2D eigenvalue weighted by Crippen LogP contribution is -2.58. The van der Waals surface area contributed by atoms with Crippen LogP contribution in [0.5, 0.6) is 0 Å². The van der Waals surface area contributed by atoms with Crippen molar-refractivity contribution >= 4 is 17.3 Å². The third-order valence-electron chi connectivity index (χ3n) is 6.40. The van der Waals surface area contributed by atoms with Gasteiger partial charge in [0.1, 0.15) is 0 Å². The van der Waals surface area contributed by atoms with E-state index in [9.17, 15) is 9.59 Å². The number of ketones is 2. The van der Waals surface area contributed by atoms with E-state index in [0.717, 1.165) is 29.0 Å². The summed E-state index contributed by atoms with van der Waals surface area (Å²) in [6.45, 7) is 0. The van der Waals surface area contributed by atoms with E-state index in [4.69, 9.17) is 0 Å². The molecule has 0 saturated heterocycles. The van der Waals surface area contributed by atoms with Crippen LogP contribution >= 0.6 is 0 Å². The van der Waals surface area contributed by atoms with Crippen LogP contribution in [0.25, 0.3) is 5.70 Å². The molecule has 5 aliphatic rings. The second-order valence-corrected chi connectivity index (χ2v) is 8.12. The summed E-state index contributed by atoms with van der Waals surface area (Å²) in [4.78, 5) is 24.2. The van der Waals surface area contributed by atoms with Crippen molar-refractivity contribution in [2.24, 2.45) is 17.8 Å². The number of nitrogens with one attached hydrogen (secondary N) is 1. The van der Waals surface area contributed by atoms with E-state index in [1.165, 1.54) is 44.6 Å². The number of fused-ring (bicyclic) bond motifs is 1. The summed E-state index contributed by atoms with van der Waals surface area (Å²) in [7, 11) is 0. The minimum absolute atomic E-state index is 0.147. The molecule has 3 heteroatoms. The number of rotatable bonds is 2. The molecule has 0 spiro atoms. The van der Waals surface area contributed by atoms with Crippen LogP contribution in [0.1, 0.15) is 54.4 Å². The van der Waals surface area contributed by atoms with Gasteiger partial charge in [-0.15, -0.1) is 0 Å². The topological polar surface area (TPSA) is 46.2 Å². The molecule has 5 aliphatic carbocycles. The van der Waals surface area contributed by atoms with E-state index in [1.807, 2.05) is 18.2 Å². The summed E-state index contributed by atoms with van der Waals surface area (Å²) in [5, 5.41) is 3.76. The third-order valence-corrected chi connectivity index (χ3v) is 6.40. The van der Waals surface area contributed by atoms with Gasteiger partial charge in [0.15, 0.2) is 0 Å². The number of carbonyl (C=O) groups excluding carboxylic acids is 2. The van der Waals surface area contributed by atoms with Gasteiger partial charge in [-0.2, -0.15) is 0 Å². The van der Waals surface area contributed by atoms with Crippen molar-refractivity contribution in [3.05, 3.63) is 41.5 Å². The molecule has 1 aromatic rings. The van der Waals surface area contributed by atoms with Crippen molar-refractivity contribution in [2.45, 2.75) is 44.1 Å². The number of hydrogen-bond donors (Lipinski definition) is 1. The SMILES string of the molecule is O=C1C=C(NC23CC4CC(CC(C4)C2)C3)c2ccccc2C1=O. The van der Waals surface area contributed by atoms with Crippen molar-refractivity contribution in [1.29, 1.82) is 0 Å². The van der Waals surface area contributed by atoms with Gasteiger partial charge in [0.2, 0.25) is 11.6 Å². The molecular weight excluding hydrogens is 286 g/mol. The minimum atomic E-state index is -0.393. The standard InChI is InChI=1S/C20H21NO2/c22-18-8-17(15-3-1-2-4-16(15)19(18)23)21-20-9-12-5-13(10-20)7-14(6-12)11-20/h1-4,8,12-14,21H,5-7,9-11H2. The first kappa shape index (κ1) is 13.5. The Labute approximate surface area is 136 Å². The highest BCUT2D eigenvalue weighted by atomic mass is 16.2. The number of allylic oxidation sites excluding steroid dienone is 1. The molecule has 4 bridgehead atoms. The smallest absolute Gasteiger partial charge is 0.233 e. The first-order valence-corrected chi connectivity index (χ1v) is 8.80. The van der Waals surface area contributed by atoms with E-state index in [2.05, 4.69) is 5.32 Å². The van der Waals surface area contributed by atoms with Gasteiger partial charge in [-0.25, -0.2) is 0 Å². The molecule has 1 N–H and O–H groups in total. The second-order valence-electron chi connectivity index (χ2n) is 8.12. The molecule has 0 aromatic heterocycles. The van der Waals surface area contributed by atoms with Gasteiger partial charge in [-0.1, -0.05) is 24.3 Å². The van der Waals surface area contributed by atoms with Gasteiger partial charge in [0.25, 0.3) is 0 Å². The summed E-state index contributed by atoms with van der Waals surface area (Å²) >= 11 is 0. The predicted octanol–water partition coefficient (Wildman–Crippen LogP) is 3.35. The molecule has 0 atom stereocenters. The summed E-state index contributed by atoms with van der Waals surface area (Å²) in [5.41, 5.74) is 2.46. The van der Waals surface area contributed by atoms with E-state index in [1.54, 1.807) is 6.07 Å². The van der Waals surface area contributed by atoms with Gasteiger partial charge < -0.3 is 5.32 Å². The Morgan fingerprint density at radius 3 is 2.04 bits per heavy atom. The number of benzene rings is 1. The maximum Gasteiger partial charge on any atom is 0.233 e. The van der Waals surface area contributed by atoms with Crippen LogP contribution in [0.3, 0.4) is 0 Å². The molecule has 3 nitrogen and oxygen atoms in total. The summed E-state index contributed by atoms with van der Waals surface area (Å²) in [5.74, 6) is 1.79. The normalized spacial score (nSPS) is 37.6. The molecule has 0 aliphatic heterocycles. The number of carbonyl (C=O) groups is 2. The highest BCUT2D eigenvalue weighted by Crippen LogP contribution is 2.56. The zero-order valence-corrected chi connectivity index (χ0v) is 13.2. The maximum absolute atomic E-state index is 12.1. The monoisotopic (exact) mass is 307 g/mol. The molecule has 0 heterocycles. The molecule has 6 rings (SSSR count). The Morgan fingerprint density at radius 2 is 1.43 bits per heavy atom. The Kier molecular flexibility index (Phi) is 2.68. The molecule has 4 fully saturated rings. The summed E-state index contributed by atoms with van der Waals surface area (Å²) in [6, 6.07) is 7.50. The van der Waals surface area contributed by atoms with Crippen LogP contribution in [0.15, 0.2) is 30.3 Å². The fourth-order valence-electron chi connectivity index (χ4n) is 5.98. The fourth-order valence-corrected chi connectivity index (χ4v) is 5.98. The van der Waals surface area contributed by atoms with Crippen LogP contribution in [0, 0.1) is 17.8 Å². The Morgan fingerprint density at radius 1 is 0.870 bits per heavy atom. The van der Waals surface area contributed by atoms with Crippen molar-refractivity contribution in [3.63, 3.8) is 0 Å². The molecule has 0 amide bonds. The quantitative estimate of drug-likeness (QED) is 0.852. The lowest BCUT2D eigenvalue weighted by atomic mass is 9.53. The van der Waals surface area contributed by atoms with Gasteiger partial charge in [-0.05, 0) is 56.3 Å². The number of hydrogen-bond acceptors (Lipinski definition) is 3. The molecule has 4 saturated carbocycles. The van der Waals surface area contributed by atoms with E-state index < -0.39 is 5.78 Å². The highest BCUT2D eigenvalue weighted by molar-refractivity contribution is 6.50. The van der Waals surface area contributed by atoms with Gasteiger partial charge in [0.05, 0.1) is 0 Å². The van der Waals surface area contributed by atoms with Crippen LogP contribution < -0.4 is 5.32 Å². The molecular formula is C20H21NO2. The van der Waals surface area contributed by atoms with Crippen molar-refractivity contribution < 1.29 is 9.59 Å². The van der Waals surface area contributed by atoms with E-state index in [0.29, 0.717) is 5.56 Å². The Bertz CT molecular complexity index is 710. The van der Waals surface area contributed by atoms with Crippen molar-refractivity contribution in [1.82, 2.24) is 5.32 Å². The van der Waals surface area contributed by atoms with E-state index >= 15 is 0 Å². The van der Waals surface area contributed by atoms with Crippen molar-refractivity contribution in [3.8, 4) is 0 Å². The fraction of sp³-hybridized carbons (Fsp3) is 0.500. The summed E-state index contributed by atoms with van der Waals surface area (Å²) < 4.78 is 0. The van der Waals surface area contributed by atoms with Gasteiger partial charge in [-0.3, -0.25) is 9.59 Å². The van der Waals surface area contributed by atoms with Crippen LogP contribution in [-0.4, -0.2) is 17.1 Å². The zero-order valence-electron chi connectivity index (χ0n) is 13.2. The third kappa shape index (κ3) is 2.02. The maximum atomic E-state index is 12.1. The molecule has 23 heavy (non-hydrogen) atoms. The molecule has 1 aromatic carbocycles. The van der Waals surface area contributed by atoms with Gasteiger partial charge in [0, 0.05) is 28.4 Å². The average molecular weight is 307 g/mol. The Balaban J connectivity index is 1.52. The lowest BCUT2D eigenvalue weighted by molar-refractivity contribution is -0.111. The van der Waals surface area contributed by atoms with Gasteiger partial charge >= 0.3 is 0 Å². The van der Waals surface area contributed by atoms with Crippen LogP contribution in [0.4, 0.5) is 0 Å². The first-order valence-electron chi connectivity index (χ1n) is 8.80. The first-order chi connectivity index (χ1) is 11.1. The van der Waals surface area contributed by atoms with Crippen molar-refractivity contribution in [2.75, 3.05) is 0 Å². The largest absolute Gasteiger partial charge is 0.379 e. The summed E-state index contributed by atoms with van der Waals surface area (Å²) in [6.07, 6.45) is 9.39. The second kappa shape index (κ2) is 4.56. The lowest BCUT2D eigenvalue weighted by Gasteiger charge is -2.57. The Hall–Kier alpha value is -1.90. The highest BCUT2D eigenvalue weighted by Gasteiger charge is 2.51.